The Bertz CT molecular complexity index is 1210. The predicted molar refractivity (Wildman–Crippen MR) is 141 cm³/mol. The molecule has 2 aromatic carbocycles. The maximum absolute atomic E-state index is 13.4. The number of carbonyl (C=O) groups excluding carboxylic acids is 3. The second-order valence-corrected chi connectivity index (χ2v) is 10.0. The summed E-state index contributed by atoms with van der Waals surface area (Å²) in [5.41, 5.74) is 4.50. The highest BCUT2D eigenvalue weighted by Gasteiger charge is 2.37. The van der Waals surface area contributed by atoms with E-state index in [0.29, 0.717) is 29.9 Å². The molecule has 37 heavy (non-hydrogen) atoms. The van der Waals surface area contributed by atoms with Gasteiger partial charge in [0.15, 0.2) is 0 Å². The van der Waals surface area contributed by atoms with Gasteiger partial charge in [-0.2, -0.15) is 0 Å². The molecule has 0 aromatic heterocycles. The number of hydrogen-bond donors (Lipinski definition) is 0. The van der Waals surface area contributed by atoms with E-state index in [-0.39, 0.29) is 49.5 Å². The van der Waals surface area contributed by atoms with E-state index in [0.717, 1.165) is 16.7 Å². The van der Waals surface area contributed by atoms with Crippen molar-refractivity contribution in [2.24, 2.45) is 0 Å². The first-order valence-corrected chi connectivity index (χ1v) is 13.0. The van der Waals surface area contributed by atoms with Crippen LogP contribution < -0.4 is 0 Å². The fourth-order valence-corrected chi connectivity index (χ4v) is 5.36. The number of carbonyl (C=O) groups is 3. The van der Waals surface area contributed by atoms with Crippen LogP contribution in [-0.4, -0.2) is 59.5 Å². The van der Waals surface area contributed by atoms with Gasteiger partial charge < -0.3 is 19.3 Å². The number of allylic oxidation sites excluding steroid dienone is 1. The molecule has 0 N–H and O–H groups in total. The van der Waals surface area contributed by atoms with E-state index in [1.165, 1.54) is 0 Å². The Hall–Kier alpha value is -3.45. The Kier molecular flexibility index (Phi) is 8.13. The SMILES string of the molecule is CCOC(=O)C1=C(C)N(Cc2cccc(C(=O)N3CC(C)OC(C)C3)c2)C(=O)CC1c1cccc(C)c1. The van der Waals surface area contributed by atoms with Gasteiger partial charge in [-0.3, -0.25) is 9.59 Å². The first kappa shape index (κ1) is 26.6. The van der Waals surface area contributed by atoms with E-state index in [1.54, 1.807) is 24.8 Å². The molecule has 7 heteroatoms. The topological polar surface area (TPSA) is 76.2 Å². The summed E-state index contributed by atoms with van der Waals surface area (Å²) in [5.74, 6) is -0.873. The van der Waals surface area contributed by atoms with Crippen molar-refractivity contribution in [2.45, 2.75) is 65.7 Å². The Morgan fingerprint density at radius 1 is 1.03 bits per heavy atom. The lowest BCUT2D eigenvalue weighted by Gasteiger charge is -2.35. The average Bonchev–Trinajstić information content (AvgIpc) is 2.85. The standard InChI is InChI=1S/C30H36N2O5/c1-6-36-30(35)28-22(5)32(27(33)15-26(28)24-11-7-9-19(2)13-24)18-23-10-8-12-25(14-23)29(34)31-16-20(3)37-21(4)17-31/h7-14,20-21,26H,6,15-18H2,1-5H3. The summed E-state index contributed by atoms with van der Waals surface area (Å²) in [4.78, 5) is 43.2. The smallest absolute Gasteiger partial charge is 0.336 e. The van der Waals surface area contributed by atoms with Gasteiger partial charge in [-0.25, -0.2) is 4.79 Å². The molecule has 2 aliphatic rings. The maximum atomic E-state index is 13.4. The quantitative estimate of drug-likeness (QED) is 0.538. The number of rotatable bonds is 6. The van der Waals surface area contributed by atoms with Gasteiger partial charge >= 0.3 is 5.97 Å². The van der Waals surface area contributed by atoms with Gasteiger partial charge in [0, 0.05) is 36.7 Å². The van der Waals surface area contributed by atoms with Gasteiger partial charge in [0.05, 0.1) is 30.9 Å². The van der Waals surface area contributed by atoms with Gasteiger partial charge in [-0.1, -0.05) is 42.0 Å². The van der Waals surface area contributed by atoms with Crippen LogP contribution in [0.15, 0.2) is 59.8 Å². The lowest BCUT2D eigenvalue weighted by Crippen LogP contribution is -2.48. The first-order valence-electron chi connectivity index (χ1n) is 13.0. The molecule has 0 saturated carbocycles. The lowest BCUT2D eigenvalue weighted by atomic mass is 9.83. The number of hydrogen-bond acceptors (Lipinski definition) is 5. The molecule has 2 amide bonds. The molecule has 0 spiro atoms. The van der Waals surface area contributed by atoms with Crippen LogP contribution in [0.4, 0.5) is 0 Å². The number of amides is 2. The van der Waals surface area contributed by atoms with Gasteiger partial charge in [0.1, 0.15) is 0 Å². The zero-order valence-electron chi connectivity index (χ0n) is 22.3. The van der Waals surface area contributed by atoms with E-state index in [2.05, 4.69) is 0 Å². The summed E-state index contributed by atoms with van der Waals surface area (Å²) >= 11 is 0. The highest BCUT2D eigenvalue weighted by atomic mass is 16.5. The number of morpholine rings is 1. The van der Waals surface area contributed by atoms with Crippen molar-refractivity contribution in [3.8, 4) is 0 Å². The van der Waals surface area contributed by atoms with Crippen molar-refractivity contribution >= 4 is 17.8 Å². The van der Waals surface area contributed by atoms with E-state index in [1.807, 2.05) is 68.1 Å². The second kappa shape index (κ2) is 11.3. The zero-order valence-corrected chi connectivity index (χ0v) is 22.3. The molecule has 2 heterocycles. The Morgan fingerprint density at radius 3 is 2.41 bits per heavy atom. The number of benzene rings is 2. The third-order valence-corrected chi connectivity index (χ3v) is 6.98. The van der Waals surface area contributed by atoms with Gasteiger partial charge in [-0.05, 0) is 57.9 Å². The van der Waals surface area contributed by atoms with Crippen molar-refractivity contribution in [3.63, 3.8) is 0 Å². The predicted octanol–water partition coefficient (Wildman–Crippen LogP) is 4.60. The normalized spacial score (nSPS) is 22.3. The number of nitrogens with zero attached hydrogens (tertiary/aromatic N) is 2. The maximum Gasteiger partial charge on any atom is 0.336 e. The van der Waals surface area contributed by atoms with Crippen LogP contribution in [0.2, 0.25) is 0 Å². The molecule has 2 aliphatic heterocycles. The number of aryl methyl sites for hydroxylation is 1. The summed E-state index contributed by atoms with van der Waals surface area (Å²) in [6.07, 6.45) is 0.145. The van der Waals surface area contributed by atoms with Crippen LogP contribution in [-0.2, 0) is 25.6 Å². The van der Waals surface area contributed by atoms with Gasteiger partial charge in [0.25, 0.3) is 5.91 Å². The first-order chi connectivity index (χ1) is 17.7. The van der Waals surface area contributed by atoms with Crippen LogP contribution in [0, 0.1) is 6.92 Å². The minimum atomic E-state index is -0.400. The van der Waals surface area contributed by atoms with Crippen molar-refractivity contribution < 1.29 is 23.9 Å². The molecular weight excluding hydrogens is 468 g/mol. The summed E-state index contributed by atoms with van der Waals surface area (Å²) in [6, 6.07) is 15.3. The molecular formula is C30H36N2O5. The fraction of sp³-hybridized carbons (Fsp3) is 0.433. The van der Waals surface area contributed by atoms with Crippen molar-refractivity contribution in [1.29, 1.82) is 0 Å². The Balaban J connectivity index is 1.62. The molecule has 196 valence electrons. The van der Waals surface area contributed by atoms with E-state index in [4.69, 9.17) is 9.47 Å². The number of ether oxygens (including phenoxy) is 2. The minimum absolute atomic E-state index is 0.0164. The molecule has 3 unspecified atom stereocenters. The molecule has 1 saturated heterocycles. The van der Waals surface area contributed by atoms with Crippen LogP contribution >= 0.6 is 0 Å². The molecule has 0 radical (unpaired) electrons. The van der Waals surface area contributed by atoms with E-state index >= 15 is 0 Å². The largest absolute Gasteiger partial charge is 0.463 e. The highest BCUT2D eigenvalue weighted by molar-refractivity contribution is 5.96. The fourth-order valence-electron chi connectivity index (χ4n) is 5.36. The second-order valence-electron chi connectivity index (χ2n) is 10.0. The lowest BCUT2D eigenvalue weighted by molar-refractivity contribution is -0.140. The van der Waals surface area contributed by atoms with Crippen molar-refractivity contribution in [2.75, 3.05) is 19.7 Å². The third-order valence-electron chi connectivity index (χ3n) is 6.98. The molecule has 0 aliphatic carbocycles. The van der Waals surface area contributed by atoms with Crippen LogP contribution in [0.5, 0.6) is 0 Å². The van der Waals surface area contributed by atoms with Crippen molar-refractivity contribution in [3.05, 3.63) is 82.1 Å². The third kappa shape index (κ3) is 5.93. The van der Waals surface area contributed by atoms with Gasteiger partial charge in [0.2, 0.25) is 5.91 Å². The molecule has 7 nitrogen and oxygen atoms in total. The van der Waals surface area contributed by atoms with E-state index in [9.17, 15) is 14.4 Å². The van der Waals surface area contributed by atoms with Crippen LogP contribution in [0.1, 0.15) is 67.1 Å². The monoisotopic (exact) mass is 504 g/mol. The summed E-state index contributed by atoms with van der Waals surface area (Å²) in [6.45, 7) is 11.1. The molecule has 1 fully saturated rings. The molecule has 0 bridgehead atoms. The molecule has 4 rings (SSSR count). The van der Waals surface area contributed by atoms with Crippen LogP contribution in [0.3, 0.4) is 0 Å². The van der Waals surface area contributed by atoms with E-state index < -0.39 is 5.97 Å². The molecule has 3 atom stereocenters. The van der Waals surface area contributed by atoms with Crippen LogP contribution in [0.25, 0.3) is 0 Å². The highest BCUT2D eigenvalue weighted by Crippen LogP contribution is 2.38. The van der Waals surface area contributed by atoms with Gasteiger partial charge in [-0.15, -0.1) is 0 Å². The van der Waals surface area contributed by atoms with Crippen molar-refractivity contribution in [1.82, 2.24) is 9.80 Å². The average molecular weight is 505 g/mol. The minimum Gasteiger partial charge on any atom is -0.463 e. The Morgan fingerprint density at radius 2 is 1.73 bits per heavy atom. The number of esters is 1. The molecule has 2 aromatic rings. The summed E-state index contributed by atoms with van der Waals surface area (Å²) < 4.78 is 11.2. The Labute approximate surface area is 219 Å². The summed E-state index contributed by atoms with van der Waals surface area (Å²) in [5, 5.41) is 0. The zero-order chi connectivity index (χ0) is 26.7. The summed E-state index contributed by atoms with van der Waals surface area (Å²) in [7, 11) is 0.